The van der Waals surface area contributed by atoms with Gasteiger partial charge in [-0.2, -0.15) is 5.26 Å². The maximum atomic E-state index is 9.76. The van der Waals surface area contributed by atoms with Gasteiger partial charge in [-0.3, -0.25) is 4.98 Å². The van der Waals surface area contributed by atoms with Crippen molar-refractivity contribution in [2.75, 3.05) is 0 Å². The highest BCUT2D eigenvalue weighted by molar-refractivity contribution is 7.99. The van der Waals surface area contributed by atoms with E-state index in [9.17, 15) is 5.26 Å². The van der Waals surface area contributed by atoms with E-state index in [1.54, 1.807) is 18.6 Å². The second kappa shape index (κ2) is 7.67. The largest absolute Gasteiger partial charge is 0.361 e. The van der Waals surface area contributed by atoms with Gasteiger partial charge in [-0.25, -0.2) is 4.98 Å². The van der Waals surface area contributed by atoms with E-state index >= 15 is 0 Å². The third kappa shape index (κ3) is 3.72. The first-order valence-electron chi connectivity index (χ1n) is 8.16. The molecule has 1 N–H and O–H groups in total. The number of aromatic nitrogens is 3. The number of H-pyrrole nitrogens is 1. The number of halogens is 1. The third-order valence-electron chi connectivity index (χ3n) is 4.02. The number of allylic oxidation sites excluding steroid dienone is 1. The van der Waals surface area contributed by atoms with Crippen LogP contribution in [-0.4, -0.2) is 15.0 Å². The summed E-state index contributed by atoms with van der Waals surface area (Å²) in [7, 11) is 0. The Balaban J connectivity index is 1.77. The quantitative estimate of drug-likeness (QED) is 0.447. The van der Waals surface area contributed by atoms with Crippen molar-refractivity contribution >= 4 is 45.9 Å². The summed E-state index contributed by atoms with van der Waals surface area (Å²) in [5, 5.41) is 12.2. The molecule has 0 fully saturated rings. The van der Waals surface area contributed by atoms with Crippen LogP contribution in [-0.2, 0) is 0 Å². The summed E-state index contributed by atoms with van der Waals surface area (Å²) in [6.07, 6.45) is 8.93. The molecule has 0 radical (unpaired) electrons. The van der Waals surface area contributed by atoms with E-state index in [4.69, 9.17) is 11.6 Å². The number of hydrogen-bond donors (Lipinski definition) is 1. The third-order valence-corrected chi connectivity index (χ3v) is 5.29. The number of fused-ring (bicyclic) bond motifs is 1. The highest BCUT2D eigenvalue weighted by Crippen LogP contribution is 2.32. The minimum Gasteiger partial charge on any atom is -0.361 e. The fraction of sp³-hybridized carbons (Fsp3) is 0. The van der Waals surface area contributed by atoms with Crippen molar-refractivity contribution in [2.24, 2.45) is 0 Å². The summed E-state index contributed by atoms with van der Waals surface area (Å²) in [6, 6.07) is 15.6. The van der Waals surface area contributed by atoms with Gasteiger partial charge in [0.2, 0.25) is 0 Å². The molecule has 0 saturated heterocycles. The lowest BCUT2D eigenvalue weighted by Gasteiger charge is -2.05. The Labute approximate surface area is 165 Å². The molecule has 27 heavy (non-hydrogen) atoms. The Morgan fingerprint density at radius 3 is 2.93 bits per heavy atom. The van der Waals surface area contributed by atoms with Crippen LogP contribution in [0.1, 0.15) is 11.1 Å². The molecular weight excluding hydrogens is 376 g/mol. The topological polar surface area (TPSA) is 65.4 Å². The second-order valence-corrected chi connectivity index (χ2v) is 7.24. The molecule has 0 aliphatic heterocycles. The van der Waals surface area contributed by atoms with E-state index in [0.29, 0.717) is 10.6 Å². The van der Waals surface area contributed by atoms with Gasteiger partial charge >= 0.3 is 0 Å². The molecule has 3 heterocycles. The summed E-state index contributed by atoms with van der Waals surface area (Å²) < 4.78 is 0. The number of nitrogens with zero attached hydrogens (tertiary/aromatic N) is 3. The number of aromatic amines is 1. The predicted molar refractivity (Wildman–Crippen MR) is 109 cm³/mol. The van der Waals surface area contributed by atoms with Crippen molar-refractivity contribution in [3.05, 3.63) is 83.4 Å². The van der Waals surface area contributed by atoms with Crippen LogP contribution in [0, 0.1) is 11.3 Å². The first-order chi connectivity index (χ1) is 13.2. The summed E-state index contributed by atoms with van der Waals surface area (Å²) in [5.74, 6) is 0. The molecule has 4 aromatic rings. The van der Waals surface area contributed by atoms with Crippen LogP contribution >= 0.6 is 23.4 Å². The van der Waals surface area contributed by atoms with E-state index < -0.39 is 0 Å². The van der Waals surface area contributed by atoms with E-state index in [1.165, 1.54) is 11.8 Å². The molecule has 1 aromatic carbocycles. The first kappa shape index (κ1) is 17.3. The molecule has 0 saturated carbocycles. The van der Waals surface area contributed by atoms with E-state index in [-0.39, 0.29) is 0 Å². The van der Waals surface area contributed by atoms with Gasteiger partial charge in [0.05, 0.1) is 11.6 Å². The second-order valence-electron chi connectivity index (χ2n) is 5.75. The molecule has 4 rings (SSSR count). The van der Waals surface area contributed by atoms with Gasteiger partial charge in [-0.05, 0) is 42.5 Å². The van der Waals surface area contributed by atoms with E-state index in [0.717, 1.165) is 32.0 Å². The van der Waals surface area contributed by atoms with E-state index in [2.05, 4.69) is 21.0 Å². The van der Waals surface area contributed by atoms with Gasteiger partial charge in [0.1, 0.15) is 5.03 Å². The van der Waals surface area contributed by atoms with Crippen LogP contribution in [0.5, 0.6) is 0 Å². The minimum atomic E-state index is 0.541. The van der Waals surface area contributed by atoms with Crippen molar-refractivity contribution in [2.45, 2.75) is 9.92 Å². The molecule has 0 spiro atoms. The van der Waals surface area contributed by atoms with Crippen LogP contribution in [0.3, 0.4) is 0 Å². The zero-order chi connectivity index (χ0) is 18.6. The normalized spacial score (nSPS) is 11.5. The average molecular weight is 389 g/mol. The summed E-state index contributed by atoms with van der Waals surface area (Å²) in [4.78, 5) is 12.7. The molecule has 130 valence electrons. The number of nitriles is 1. The molecule has 0 atom stereocenters. The van der Waals surface area contributed by atoms with Gasteiger partial charge in [-0.15, -0.1) is 0 Å². The van der Waals surface area contributed by atoms with E-state index in [1.807, 2.05) is 54.7 Å². The molecule has 4 nitrogen and oxygen atoms in total. The molecule has 0 aliphatic carbocycles. The standard InChI is InChI=1S/C21H13ClN4S/c22-16-4-5-19-17(10-16)18(13-26-19)14(11-23)9-15-12-24-8-6-20(15)27-21-3-1-2-7-25-21/h1-10,12-13,26H/b14-9+. The number of hydrogen-bond acceptors (Lipinski definition) is 4. The van der Waals surface area contributed by atoms with Gasteiger partial charge in [0.25, 0.3) is 0 Å². The maximum absolute atomic E-state index is 9.76. The Bertz CT molecular complexity index is 1180. The van der Waals surface area contributed by atoms with Crippen LogP contribution in [0.25, 0.3) is 22.6 Å². The number of nitrogens with one attached hydrogen (secondary N) is 1. The zero-order valence-corrected chi connectivity index (χ0v) is 15.6. The van der Waals surface area contributed by atoms with Gasteiger partial charge < -0.3 is 4.98 Å². The van der Waals surface area contributed by atoms with Gasteiger partial charge in [0.15, 0.2) is 0 Å². The summed E-state index contributed by atoms with van der Waals surface area (Å²) in [6.45, 7) is 0. The Morgan fingerprint density at radius 2 is 2.11 bits per heavy atom. The number of rotatable bonds is 4. The zero-order valence-electron chi connectivity index (χ0n) is 14.1. The van der Waals surface area contributed by atoms with Gasteiger partial charge in [0, 0.05) is 56.7 Å². The van der Waals surface area contributed by atoms with Crippen LogP contribution in [0.2, 0.25) is 5.02 Å². The molecule has 0 aliphatic rings. The highest BCUT2D eigenvalue weighted by atomic mass is 35.5. The Kier molecular flexibility index (Phi) is 4.93. The SMILES string of the molecule is N#C/C(=C\c1cnccc1Sc1ccccn1)c1c[nH]c2ccc(Cl)cc12. The highest BCUT2D eigenvalue weighted by Gasteiger charge is 2.11. The lowest BCUT2D eigenvalue weighted by molar-refractivity contribution is 1.13. The lowest BCUT2D eigenvalue weighted by Crippen LogP contribution is -1.86. The van der Waals surface area contributed by atoms with Crippen LogP contribution in [0.15, 0.2) is 77.2 Å². The molecule has 0 amide bonds. The fourth-order valence-electron chi connectivity index (χ4n) is 2.76. The van der Waals surface area contributed by atoms with Gasteiger partial charge in [-0.1, -0.05) is 29.4 Å². The average Bonchev–Trinajstić information content (AvgIpc) is 3.11. The first-order valence-corrected chi connectivity index (χ1v) is 9.36. The molecule has 6 heteroatoms. The van der Waals surface area contributed by atoms with Crippen molar-refractivity contribution in [1.82, 2.24) is 15.0 Å². The molecule has 3 aromatic heterocycles. The lowest BCUT2D eigenvalue weighted by atomic mass is 10.0. The fourth-order valence-corrected chi connectivity index (χ4v) is 3.77. The smallest absolute Gasteiger partial charge is 0.101 e. The van der Waals surface area contributed by atoms with Crippen molar-refractivity contribution < 1.29 is 0 Å². The van der Waals surface area contributed by atoms with Crippen molar-refractivity contribution in [1.29, 1.82) is 5.26 Å². The Morgan fingerprint density at radius 1 is 1.19 bits per heavy atom. The van der Waals surface area contributed by atoms with Crippen LogP contribution < -0.4 is 0 Å². The number of benzene rings is 1. The molecular formula is C21H13ClN4S. The number of pyridine rings is 2. The Hall–Kier alpha value is -3.07. The van der Waals surface area contributed by atoms with Crippen molar-refractivity contribution in [3.8, 4) is 6.07 Å². The maximum Gasteiger partial charge on any atom is 0.101 e. The monoisotopic (exact) mass is 388 g/mol. The predicted octanol–water partition coefficient (Wildman–Crippen LogP) is 5.83. The minimum absolute atomic E-state index is 0.541. The molecule has 0 bridgehead atoms. The summed E-state index contributed by atoms with van der Waals surface area (Å²) in [5.41, 5.74) is 3.15. The van der Waals surface area contributed by atoms with Crippen molar-refractivity contribution in [3.63, 3.8) is 0 Å². The van der Waals surface area contributed by atoms with Crippen LogP contribution in [0.4, 0.5) is 0 Å². The summed E-state index contributed by atoms with van der Waals surface area (Å²) >= 11 is 7.67. The molecule has 0 unspecified atom stereocenters.